The molecule has 0 radical (unpaired) electrons. The lowest BCUT2D eigenvalue weighted by atomic mass is 10.2. The average Bonchev–Trinajstić information content (AvgIpc) is 3.37. The summed E-state index contributed by atoms with van der Waals surface area (Å²) >= 11 is 0. The number of carbonyl (C=O) groups is 3. The van der Waals surface area contributed by atoms with Gasteiger partial charge in [0.15, 0.2) is 5.76 Å². The Labute approximate surface area is 157 Å². The van der Waals surface area contributed by atoms with Gasteiger partial charge in [0.1, 0.15) is 0 Å². The van der Waals surface area contributed by atoms with Gasteiger partial charge in [-0.2, -0.15) is 0 Å². The molecular weight excluding hydrogens is 346 g/mol. The van der Waals surface area contributed by atoms with E-state index < -0.39 is 0 Å². The number of amides is 3. The van der Waals surface area contributed by atoms with Crippen molar-refractivity contribution < 1.29 is 18.8 Å². The van der Waals surface area contributed by atoms with E-state index in [-0.39, 0.29) is 29.4 Å². The Bertz CT molecular complexity index is 797. The van der Waals surface area contributed by atoms with Crippen molar-refractivity contribution in [2.24, 2.45) is 5.92 Å². The fourth-order valence-corrected chi connectivity index (χ4v) is 2.60. The summed E-state index contributed by atoms with van der Waals surface area (Å²) in [5.41, 5.74) is 1.51. The fourth-order valence-electron chi connectivity index (χ4n) is 2.60. The third kappa shape index (κ3) is 5.99. The van der Waals surface area contributed by atoms with Gasteiger partial charge in [0.2, 0.25) is 11.8 Å². The minimum atomic E-state index is -0.325. The van der Waals surface area contributed by atoms with Crippen LogP contribution in [-0.2, 0) is 16.1 Å². The summed E-state index contributed by atoms with van der Waals surface area (Å²) in [5.74, 6) is 0.140. The average molecular weight is 369 g/mol. The van der Waals surface area contributed by atoms with Crippen molar-refractivity contribution in [3.05, 3.63) is 54.0 Å². The van der Waals surface area contributed by atoms with Gasteiger partial charge < -0.3 is 20.4 Å². The number of benzene rings is 1. The predicted molar refractivity (Wildman–Crippen MR) is 99.9 cm³/mol. The van der Waals surface area contributed by atoms with Crippen molar-refractivity contribution in [1.29, 1.82) is 0 Å². The molecule has 1 aliphatic carbocycles. The first-order valence-corrected chi connectivity index (χ1v) is 9.10. The molecule has 1 heterocycles. The van der Waals surface area contributed by atoms with Crippen LogP contribution in [0.5, 0.6) is 0 Å². The molecule has 142 valence electrons. The van der Waals surface area contributed by atoms with Crippen molar-refractivity contribution in [2.75, 3.05) is 11.9 Å². The third-order valence-corrected chi connectivity index (χ3v) is 4.25. The lowest BCUT2D eigenvalue weighted by Crippen LogP contribution is -2.28. The van der Waals surface area contributed by atoms with Gasteiger partial charge in [-0.1, -0.05) is 12.1 Å². The summed E-state index contributed by atoms with van der Waals surface area (Å²) < 4.78 is 5.06. The van der Waals surface area contributed by atoms with Crippen LogP contribution in [0.4, 0.5) is 5.69 Å². The van der Waals surface area contributed by atoms with Crippen molar-refractivity contribution in [1.82, 2.24) is 10.6 Å². The summed E-state index contributed by atoms with van der Waals surface area (Å²) in [7, 11) is 0. The largest absolute Gasteiger partial charge is 0.459 e. The van der Waals surface area contributed by atoms with E-state index in [0.717, 1.165) is 18.4 Å². The van der Waals surface area contributed by atoms with Gasteiger partial charge in [-0.05, 0) is 49.1 Å². The molecule has 7 nitrogen and oxygen atoms in total. The number of rotatable bonds is 9. The highest BCUT2D eigenvalue weighted by Gasteiger charge is 2.28. The summed E-state index contributed by atoms with van der Waals surface area (Å²) in [6, 6.07) is 10.5. The van der Waals surface area contributed by atoms with Crippen LogP contribution in [0, 0.1) is 5.92 Å². The van der Waals surface area contributed by atoms with Crippen molar-refractivity contribution in [3.8, 4) is 0 Å². The Morgan fingerprint density at radius 3 is 2.67 bits per heavy atom. The number of nitrogens with one attached hydrogen (secondary N) is 3. The van der Waals surface area contributed by atoms with Gasteiger partial charge >= 0.3 is 0 Å². The van der Waals surface area contributed by atoms with E-state index in [0.29, 0.717) is 31.6 Å². The molecule has 0 unspecified atom stereocenters. The van der Waals surface area contributed by atoms with E-state index in [1.165, 1.54) is 6.26 Å². The van der Waals surface area contributed by atoms with Crippen LogP contribution in [0.25, 0.3) is 0 Å². The minimum Gasteiger partial charge on any atom is -0.459 e. The molecule has 0 spiro atoms. The normalized spacial score (nSPS) is 13.0. The van der Waals surface area contributed by atoms with Gasteiger partial charge in [0.25, 0.3) is 5.91 Å². The van der Waals surface area contributed by atoms with Crippen LogP contribution < -0.4 is 16.0 Å². The molecule has 1 saturated carbocycles. The fraction of sp³-hybridized carbons (Fsp3) is 0.350. The molecule has 1 aromatic carbocycles. The summed E-state index contributed by atoms with van der Waals surface area (Å²) in [4.78, 5) is 35.4. The molecule has 2 aromatic rings. The topological polar surface area (TPSA) is 100 Å². The van der Waals surface area contributed by atoms with Crippen molar-refractivity contribution in [2.45, 2.75) is 32.2 Å². The quantitative estimate of drug-likeness (QED) is 0.591. The van der Waals surface area contributed by atoms with Gasteiger partial charge in [-0.3, -0.25) is 14.4 Å². The first-order chi connectivity index (χ1) is 13.1. The summed E-state index contributed by atoms with van der Waals surface area (Å²) in [6.45, 7) is 0.898. The maximum absolute atomic E-state index is 12.0. The molecule has 0 saturated heterocycles. The van der Waals surface area contributed by atoms with Crippen molar-refractivity contribution in [3.63, 3.8) is 0 Å². The van der Waals surface area contributed by atoms with E-state index in [1.807, 2.05) is 12.1 Å². The van der Waals surface area contributed by atoms with Gasteiger partial charge in [0.05, 0.1) is 6.26 Å². The van der Waals surface area contributed by atoms with Gasteiger partial charge in [-0.25, -0.2) is 0 Å². The number of hydrogen-bond acceptors (Lipinski definition) is 4. The zero-order valence-corrected chi connectivity index (χ0v) is 15.0. The Morgan fingerprint density at radius 1 is 1.07 bits per heavy atom. The zero-order chi connectivity index (χ0) is 19.1. The van der Waals surface area contributed by atoms with Crippen LogP contribution in [-0.4, -0.2) is 24.3 Å². The monoisotopic (exact) mass is 369 g/mol. The third-order valence-electron chi connectivity index (χ3n) is 4.25. The van der Waals surface area contributed by atoms with Gasteiger partial charge in [-0.15, -0.1) is 0 Å². The zero-order valence-electron chi connectivity index (χ0n) is 15.0. The first kappa shape index (κ1) is 18.7. The number of anilines is 1. The second-order valence-corrected chi connectivity index (χ2v) is 6.58. The van der Waals surface area contributed by atoms with Gasteiger partial charge in [0, 0.05) is 31.1 Å². The second-order valence-electron chi connectivity index (χ2n) is 6.58. The molecule has 3 rings (SSSR count). The molecule has 7 heteroatoms. The molecule has 0 atom stereocenters. The van der Waals surface area contributed by atoms with E-state index in [2.05, 4.69) is 16.0 Å². The lowest BCUT2D eigenvalue weighted by molar-refractivity contribution is -0.123. The molecule has 1 aromatic heterocycles. The highest BCUT2D eigenvalue weighted by molar-refractivity contribution is 6.02. The number of hydrogen-bond donors (Lipinski definition) is 3. The standard InChI is InChI=1S/C20H23N3O4/c24-18(7-2-10-21-19(25)15-8-9-15)22-13-14-4-1-5-16(12-14)23-20(26)17-6-3-11-27-17/h1,3-6,11-12,15H,2,7-10,13H2,(H,21,25)(H,22,24)(H,23,26). The second kappa shape index (κ2) is 9.02. The molecule has 27 heavy (non-hydrogen) atoms. The molecule has 3 N–H and O–H groups in total. The molecule has 1 aliphatic rings. The maximum Gasteiger partial charge on any atom is 0.291 e. The molecular formula is C20H23N3O4. The van der Waals surface area contributed by atoms with Crippen LogP contribution in [0.15, 0.2) is 47.1 Å². The van der Waals surface area contributed by atoms with E-state index in [1.54, 1.807) is 24.3 Å². The number of furan rings is 1. The highest BCUT2D eigenvalue weighted by atomic mass is 16.3. The van der Waals surface area contributed by atoms with Crippen molar-refractivity contribution >= 4 is 23.4 Å². The Balaban J connectivity index is 1.37. The first-order valence-electron chi connectivity index (χ1n) is 9.10. The number of carbonyl (C=O) groups excluding carboxylic acids is 3. The van der Waals surface area contributed by atoms with Crippen LogP contribution in [0.2, 0.25) is 0 Å². The summed E-state index contributed by atoms with van der Waals surface area (Å²) in [5, 5.41) is 8.44. The molecule has 3 amide bonds. The van der Waals surface area contributed by atoms with Crippen LogP contribution >= 0.6 is 0 Å². The molecule has 0 aliphatic heterocycles. The van der Waals surface area contributed by atoms with E-state index in [9.17, 15) is 14.4 Å². The predicted octanol–water partition coefficient (Wildman–Crippen LogP) is 2.45. The Hall–Kier alpha value is -3.09. The molecule has 0 bridgehead atoms. The summed E-state index contributed by atoms with van der Waals surface area (Å²) in [6.07, 6.45) is 4.38. The van der Waals surface area contributed by atoms with E-state index >= 15 is 0 Å². The lowest BCUT2D eigenvalue weighted by Gasteiger charge is -2.08. The highest BCUT2D eigenvalue weighted by Crippen LogP contribution is 2.28. The molecule has 1 fully saturated rings. The minimum absolute atomic E-state index is 0.0688. The van der Waals surface area contributed by atoms with E-state index in [4.69, 9.17) is 4.42 Å². The van der Waals surface area contributed by atoms with Crippen LogP contribution in [0.3, 0.4) is 0 Å². The smallest absolute Gasteiger partial charge is 0.291 e. The Kier molecular flexibility index (Phi) is 6.25. The maximum atomic E-state index is 12.0. The Morgan fingerprint density at radius 2 is 1.93 bits per heavy atom. The van der Waals surface area contributed by atoms with Crippen LogP contribution in [0.1, 0.15) is 41.8 Å². The SMILES string of the molecule is O=C(CCCNC(=O)C1CC1)NCc1cccc(NC(=O)c2ccco2)c1.